The van der Waals surface area contributed by atoms with Crippen molar-refractivity contribution in [3.8, 4) is 17.7 Å². The van der Waals surface area contributed by atoms with Gasteiger partial charge in [-0.1, -0.05) is 31.2 Å². The van der Waals surface area contributed by atoms with Crippen LogP contribution in [0.4, 0.5) is 5.88 Å². The molecule has 31 heavy (non-hydrogen) atoms. The van der Waals surface area contributed by atoms with Crippen molar-refractivity contribution >= 4 is 11.8 Å². The number of oxazole rings is 1. The number of carbonyl (C=O) groups excluding carboxylic acids is 1. The number of rotatable bonds is 6. The zero-order valence-corrected chi connectivity index (χ0v) is 17.9. The number of nitriles is 1. The predicted molar refractivity (Wildman–Crippen MR) is 116 cm³/mol. The van der Waals surface area contributed by atoms with Gasteiger partial charge in [0.2, 0.25) is 17.5 Å². The second-order valence-electron chi connectivity index (χ2n) is 7.89. The fourth-order valence-corrected chi connectivity index (χ4v) is 3.98. The number of amides is 1. The molecule has 0 radical (unpaired) electrons. The normalized spacial score (nSPS) is 14.4. The van der Waals surface area contributed by atoms with E-state index in [9.17, 15) is 10.1 Å². The summed E-state index contributed by atoms with van der Waals surface area (Å²) in [6, 6.07) is 14.0. The molecule has 1 fully saturated rings. The van der Waals surface area contributed by atoms with Gasteiger partial charge in [0.15, 0.2) is 5.76 Å². The molecule has 7 nitrogen and oxygen atoms in total. The van der Waals surface area contributed by atoms with E-state index in [2.05, 4.69) is 42.2 Å². The Labute approximate surface area is 181 Å². The first-order chi connectivity index (χ1) is 15.1. The maximum Gasteiger partial charge on any atom is 0.266 e. The minimum absolute atomic E-state index is 0.0332. The van der Waals surface area contributed by atoms with Crippen LogP contribution in [0.5, 0.6) is 0 Å². The molecule has 1 amide bonds. The largest absolute Gasteiger partial charge is 0.459 e. The summed E-state index contributed by atoms with van der Waals surface area (Å²) in [6.07, 6.45) is 3.96. The summed E-state index contributed by atoms with van der Waals surface area (Å²) in [6.45, 7) is 4.01. The Kier molecular flexibility index (Phi) is 6.08. The summed E-state index contributed by atoms with van der Waals surface area (Å²) in [7, 11) is 1.86. The minimum Gasteiger partial charge on any atom is -0.459 e. The average Bonchev–Trinajstić information content (AvgIpc) is 3.49. The molecule has 3 aromatic rings. The van der Waals surface area contributed by atoms with Crippen LogP contribution in [0.25, 0.3) is 11.7 Å². The average molecular weight is 418 g/mol. The van der Waals surface area contributed by atoms with Gasteiger partial charge in [0.1, 0.15) is 6.07 Å². The Balaban J connectivity index is 1.37. The Morgan fingerprint density at radius 2 is 1.94 bits per heavy atom. The highest BCUT2D eigenvalue weighted by molar-refractivity contribution is 5.79. The molecule has 0 aliphatic carbocycles. The monoisotopic (exact) mass is 418 g/mol. The zero-order chi connectivity index (χ0) is 21.8. The topological polar surface area (TPSA) is 86.5 Å². The molecule has 0 saturated carbocycles. The third kappa shape index (κ3) is 4.48. The van der Waals surface area contributed by atoms with E-state index >= 15 is 0 Å². The highest BCUT2D eigenvalue weighted by Crippen LogP contribution is 2.31. The molecule has 2 aromatic heterocycles. The number of hydrogen-bond donors (Lipinski definition) is 0. The number of benzene rings is 1. The van der Waals surface area contributed by atoms with Crippen molar-refractivity contribution in [2.75, 3.05) is 25.0 Å². The van der Waals surface area contributed by atoms with Crippen LogP contribution in [-0.4, -0.2) is 35.9 Å². The Morgan fingerprint density at radius 3 is 2.55 bits per heavy atom. The van der Waals surface area contributed by atoms with Crippen LogP contribution in [0.15, 0.2) is 51.5 Å². The Morgan fingerprint density at radius 1 is 1.23 bits per heavy atom. The molecule has 3 heterocycles. The highest BCUT2D eigenvalue weighted by Gasteiger charge is 2.30. The Hall–Kier alpha value is -3.53. The number of anilines is 1. The van der Waals surface area contributed by atoms with Crippen molar-refractivity contribution in [1.82, 2.24) is 9.88 Å². The van der Waals surface area contributed by atoms with Gasteiger partial charge in [0.25, 0.3) is 5.89 Å². The van der Waals surface area contributed by atoms with Crippen LogP contribution in [0, 0.1) is 17.2 Å². The molecule has 1 saturated heterocycles. The molecule has 0 bridgehead atoms. The van der Waals surface area contributed by atoms with Crippen molar-refractivity contribution in [2.45, 2.75) is 32.7 Å². The van der Waals surface area contributed by atoms with Gasteiger partial charge in [-0.05, 0) is 42.5 Å². The standard InChI is InChI=1S/C24H26N4O3/c1-3-17-6-8-18(9-7-17)16-27(2)23(29)19-10-12-28(13-11-19)24-20(15-25)26-22(31-24)21-5-4-14-30-21/h4-9,14,19H,3,10-13,16H2,1-2H3. The van der Waals surface area contributed by atoms with Crippen LogP contribution >= 0.6 is 0 Å². The summed E-state index contributed by atoms with van der Waals surface area (Å²) in [4.78, 5) is 21.0. The van der Waals surface area contributed by atoms with Gasteiger partial charge >= 0.3 is 0 Å². The molecule has 1 aromatic carbocycles. The maximum atomic E-state index is 13.0. The second kappa shape index (κ2) is 9.09. The maximum absolute atomic E-state index is 13.0. The van der Waals surface area contributed by atoms with Crippen molar-refractivity contribution in [3.05, 3.63) is 59.5 Å². The molecule has 1 aliphatic rings. The number of nitrogens with zero attached hydrogens (tertiary/aromatic N) is 4. The van der Waals surface area contributed by atoms with Gasteiger partial charge in [-0.3, -0.25) is 4.79 Å². The lowest BCUT2D eigenvalue weighted by atomic mass is 9.95. The van der Waals surface area contributed by atoms with E-state index in [0.717, 1.165) is 12.0 Å². The number of piperidine rings is 1. The van der Waals surface area contributed by atoms with Crippen molar-refractivity contribution in [3.63, 3.8) is 0 Å². The summed E-state index contributed by atoms with van der Waals surface area (Å²) >= 11 is 0. The minimum atomic E-state index is -0.0332. The van der Waals surface area contributed by atoms with Gasteiger partial charge in [-0.2, -0.15) is 10.2 Å². The lowest BCUT2D eigenvalue weighted by Crippen LogP contribution is -2.41. The summed E-state index contributed by atoms with van der Waals surface area (Å²) in [5.74, 6) is 1.36. The molecule has 0 N–H and O–H groups in total. The molecule has 0 atom stereocenters. The number of furan rings is 1. The highest BCUT2D eigenvalue weighted by atomic mass is 16.4. The molecule has 1 aliphatic heterocycles. The molecule has 4 rings (SSSR count). The number of carbonyl (C=O) groups is 1. The fraction of sp³-hybridized carbons (Fsp3) is 0.375. The van der Waals surface area contributed by atoms with Gasteiger partial charge in [0, 0.05) is 32.6 Å². The van der Waals surface area contributed by atoms with E-state index in [4.69, 9.17) is 8.83 Å². The molecule has 160 valence electrons. The van der Waals surface area contributed by atoms with Crippen molar-refractivity contribution in [1.29, 1.82) is 5.26 Å². The van der Waals surface area contributed by atoms with Crippen LogP contribution in [0.1, 0.15) is 36.6 Å². The molecular formula is C24H26N4O3. The third-order valence-corrected chi connectivity index (χ3v) is 5.81. The van der Waals surface area contributed by atoms with Gasteiger partial charge < -0.3 is 18.6 Å². The fourth-order valence-electron chi connectivity index (χ4n) is 3.98. The van der Waals surface area contributed by atoms with Crippen molar-refractivity contribution < 1.29 is 13.6 Å². The first-order valence-corrected chi connectivity index (χ1v) is 10.6. The molecule has 0 unspecified atom stereocenters. The van der Waals surface area contributed by atoms with E-state index < -0.39 is 0 Å². The quantitative estimate of drug-likeness (QED) is 0.595. The van der Waals surface area contributed by atoms with Gasteiger partial charge in [0.05, 0.1) is 6.26 Å². The predicted octanol–water partition coefficient (Wildman–Crippen LogP) is 4.24. The number of hydrogen-bond acceptors (Lipinski definition) is 6. The Bertz CT molecular complexity index is 1060. The van der Waals surface area contributed by atoms with E-state index in [1.807, 2.05) is 16.8 Å². The summed E-state index contributed by atoms with van der Waals surface area (Å²) in [5.41, 5.74) is 2.67. The van der Waals surface area contributed by atoms with E-state index in [1.165, 1.54) is 11.8 Å². The summed E-state index contributed by atoms with van der Waals surface area (Å²) < 4.78 is 11.2. The first kappa shape index (κ1) is 20.7. The first-order valence-electron chi connectivity index (χ1n) is 10.6. The van der Waals surface area contributed by atoms with Crippen LogP contribution in [0.3, 0.4) is 0 Å². The van der Waals surface area contributed by atoms with Gasteiger partial charge in [-0.25, -0.2) is 0 Å². The van der Waals surface area contributed by atoms with E-state index in [-0.39, 0.29) is 17.5 Å². The summed E-state index contributed by atoms with van der Waals surface area (Å²) in [5, 5.41) is 9.46. The molecule has 0 spiro atoms. The van der Waals surface area contributed by atoms with Crippen LogP contribution in [0.2, 0.25) is 0 Å². The lowest BCUT2D eigenvalue weighted by Gasteiger charge is -2.33. The van der Waals surface area contributed by atoms with Crippen molar-refractivity contribution in [2.24, 2.45) is 5.92 Å². The molecular weight excluding hydrogens is 392 g/mol. The third-order valence-electron chi connectivity index (χ3n) is 5.81. The zero-order valence-electron chi connectivity index (χ0n) is 17.9. The number of aryl methyl sites for hydroxylation is 1. The van der Waals surface area contributed by atoms with Gasteiger partial charge in [-0.15, -0.1) is 0 Å². The number of aromatic nitrogens is 1. The van der Waals surface area contributed by atoms with Crippen LogP contribution < -0.4 is 4.90 Å². The van der Waals surface area contributed by atoms with Crippen LogP contribution in [-0.2, 0) is 17.8 Å². The smallest absolute Gasteiger partial charge is 0.266 e. The SMILES string of the molecule is CCc1ccc(CN(C)C(=O)C2CCN(c3oc(-c4ccco4)nc3C#N)CC2)cc1. The lowest BCUT2D eigenvalue weighted by molar-refractivity contribution is -0.135. The van der Waals surface area contributed by atoms with E-state index in [0.29, 0.717) is 50.0 Å². The second-order valence-corrected chi connectivity index (χ2v) is 7.89. The molecule has 7 heteroatoms. The van der Waals surface area contributed by atoms with E-state index in [1.54, 1.807) is 12.1 Å².